The zero-order valence-corrected chi connectivity index (χ0v) is 14.9. The highest BCUT2D eigenvalue weighted by Crippen LogP contribution is 2.36. The molecular formula is C21H30F2O. The summed E-state index contributed by atoms with van der Waals surface area (Å²) in [7, 11) is 0. The molecule has 24 heavy (non-hydrogen) atoms. The van der Waals surface area contributed by atoms with Crippen molar-refractivity contribution in [2.75, 3.05) is 0 Å². The van der Waals surface area contributed by atoms with Crippen LogP contribution < -0.4 is 0 Å². The Balaban J connectivity index is 1.81. The van der Waals surface area contributed by atoms with Crippen molar-refractivity contribution in [1.29, 1.82) is 0 Å². The van der Waals surface area contributed by atoms with Gasteiger partial charge in [-0.15, -0.1) is 0 Å². The molecule has 134 valence electrons. The van der Waals surface area contributed by atoms with Crippen molar-refractivity contribution in [3.05, 3.63) is 47.5 Å². The van der Waals surface area contributed by atoms with E-state index in [1.165, 1.54) is 12.0 Å². The Bertz CT molecular complexity index is 487. The Hall–Kier alpha value is -1.22. The fourth-order valence-electron chi connectivity index (χ4n) is 3.60. The van der Waals surface area contributed by atoms with Gasteiger partial charge in [0.25, 0.3) is 6.43 Å². The largest absolute Gasteiger partial charge is 0.367 e. The summed E-state index contributed by atoms with van der Waals surface area (Å²) in [5.41, 5.74) is 2.13. The lowest BCUT2D eigenvalue weighted by atomic mass is 9.77. The van der Waals surface area contributed by atoms with Crippen LogP contribution in [0.25, 0.3) is 0 Å². The maximum atomic E-state index is 13.5. The molecule has 1 aromatic rings. The van der Waals surface area contributed by atoms with E-state index in [0.29, 0.717) is 5.92 Å². The summed E-state index contributed by atoms with van der Waals surface area (Å²) < 4.78 is 32.6. The third-order valence-electron chi connectivity index (χ3n) is 5.14. The van der Waals surface area contributed by atoms with Crippen LogP contribution in [-0.2, 0) is 11.3 Å². The van der Waals surface area contributed by atoms with Crippen LogP contribution >= 0.6 is 0 Å². The number of benzene rings is 1. The molecule has 0 spiro atoms. The summed E-state index contributed by atoms with van der Waals surface area (Å²) in [6.07, 6.45) is 7.07. The van der Waals surface area contributed by atoms with Crippen LogP contribution in [0.2, 0.25) is 0 Å². The molecule has 0 saturated heterocycles. The molecule has 2 rings (SSSR count). The number of ether oxygens (including phenoxy) is 1. The van der Waals surface area contributed by atoms with Crippen LogP contribution in [0.15, 0.2) is 36.4 Å². The van der Waals surface area contributed by atoms with Crippen molar-refractivity contribution in [2.24, 2.45) is 11.8 Å². The fraction of sp³-hybridized carbons (Fsp3) is 0.619. The molecular weight excluding hydrogens is 306 g/mol. The van der Waals surface area contributed by atoms with E-state index in [1.54, 1.807) is 0 Å². The number of halogens is 2. The molecule has 1 nitrogen and oxygen atoms in total. The minimum atomic E-state index is -2.40. The quantitative estimate of drug-likeness (QED) is 0.506. The number of allylic oxidation sites excluding steroid dienone is 2. The molecule has 0 amide bonds. The molecule has 1 aromatic carbocycles. The van der Waals surface area contributed by atoms with E-state index >= 15 is 0 Å². The molecule has 1 fully saturated rings. The first-order valence-corrected chi connectivity index (χ1v) is 9.16. The van der Waals surface area contributed by atoms with Gasteiger partial charge in [-0.25, -0.2) is 8.78 Å². The summed E-state index contributed by atoms with van der Waals surface area (Å²) in [5.74, 6) is 0.682. The maximum absolute atomic E-state index is 13.5. The van der Waals surface area contributed by atoms with Crippen LogP contribution in [0.1, 0.15) is 56.6 Å². The second kappa shape index (κ2) is 9.93. The highest BCUT2D eigenvalue weighted by Gasteiger charge is 2.33. The zero-order chi connectivity index (χ0) is 17.4. The minimum absolute atomic E-state index is 0.00610. The van der Waals surface area contributed by atoms with Crippen LogP contribution in [0.5, 0.6) is 0 Å². The fourth-order valence-corrected chi connectivity index (χ4v) is 3.60. The van der Waals surface area contributed by atoms with Crippen LogP contribution in [0.4, 0.5) is 8.78 Å². The minimum Gasteiger partial charge on any atom is -0.367 e. The third-order valence-corrected chi connectivity index (χ3v) is 5.14. The van der Waals surface area contributed by atoms with E-state index in [1.807, 2.05) is 38.1 Å². The Morgan fingerprint density at radius 2 is 1.79 bits per heavy atom. The molecule has 0 aliphatic heterocycles. The molecule has 0 aromatic heterocycles. The first-order chi connectivity index (χ1) is 11.6. The predicted octanol–water partition coefficient (Wildman–Crippen LogP) is 6.31. The Labute approximate surface area is 145 Å². The SMILES string of the molecule is C/C=C/CCC1CCC(C(OCc2ccc(C)cc2)C(F)F)CC1. The van der Waals surface area contributed by atoms with Gasteiger partial charge >= 0.3 is 0 Å². The molecule has 0 radical (unpaired) electrons. The first kappa shape index (κ1) is 19.1. The Morgan fingerprint density at radius 3 is 2.38 bits per heavy atom. The molecule has 1 aliphatic rings. The van der Waals surface area contributed by atoms with Crippen molar-refractivity contribution < 1.29 is 13.5 Å². The smallest absolute Gasteiger partial charge is 0.264 e. The van der Waals surface area contributed by atoms with Gasteiger partial charge in [-0.3, -0.25) is 0 Å². The summed E-state index contributed by atoms with van der Waals surface area (Å²) in [4.78, 5) is 0. The van der Waals surface area contributed by atoms with E-state index in [9.17, 15) is 8.78 Å². The average molecular weight is 336 g/mol. The van der Waals surface area contributed by atoms with Gasteiger partial charge in [0.05, 0.1) is 6.61 Å². The molecule has 1 unspecified atom stereocenters. The molecule has 0 bridgehead atoms. The van der Waals surface area contributed by atoms with Gasteiger partial charge in [-0.2, -0.15) is 0 Å². The number of aryl methyl sites for hydroxylation is 1. The molecule has 1 aliphatic carbocycles. The second-order valence-electron chi connectivity index (χ2n) is 7.02. The lowest BCUT2D eigenvalue weighted by Gasteiger charge is -2.33. The summed E-state index contributed by atoms with van der Waals surface area (Å²) in [5, 5.41) is 0. The average Bonchev–Trinajstić information content (AvgIpc) is 2.58. The zero-order valence-electron chi connectivity index (χ0n) is 14.9. The van der Waals surface area contributed by atoms with Gasteiger partial charge in [0, 0.05) is 0 Å². The van der Waals surface area contributed by atoms with E-state index < -0.39 is 12.5 Å². The van der Waals surface area contributed by atoms with Crippen LogP contribution in [0.3, 0.4) is 0 Å². The van der Waals surface area contributed by atoms with Gasteiger partial charge in [0.15, 0.2) is 0 Å². The lowest BCUT2D eigenvalue weighted by molar-refractivity contribution is -0.102. The predicted molar refractivity (Wildman–Crippen MR) is 95.3 cm³/mol. The monoisotopic (exact) mass is 336 g/mol. The molecule has 0 N–H and O–H groups in total. The molecule has 0 heterocycles. The van der Waals surface area contributed by atoms with E-state index in [-0.39, 0.29) is 12.5 Å². The number of alkyl halides is 2. The third kappa shape index (κ3) is 6.01. The van der Waals surface area contributed by atoms with E-state index in [2.05, 4.69) is 12.2 Å². The highest BCUT2D eigenvalue weighted by molar-refractivity contribution is 5.20. The molecule has 1 saturated carbocycles. The van der Waals surface area contributed by atoms with Gasteiger partial charge in [-0.05, 0) is 56.9 Å². The molecule has 3 heteroatoms. The van der Waals surface area contributed by atoms with Crippen molar-refractivity contribution in [2.45, 2.75) is 71.5 Å². The van der Waals surface area contributed by atoms with Crippen molar-refractivity contribution >= 4 is 0 Å². The van der Waals surface area contributed by atoms with E-state index in [4.69, 9.17) is 4.74 Å². The van der Waals surface area contributed by atoms with Gasteiger partial charge in [-0.1, -0.05) is 54.8 Å². The number of rotatable bonds is 8. The Kier molecular flexibility index (Phi) is 7.90. The van der Waals surface area contributed by atoms with Gasteiger partial charge < -0.3 is 4.74 Å². The topological polar surface area (TPSA) is 9.23 Å². The maximum Gasteiger partial charge on any atom is 0.264 e. The van der Waals surface area contributed by atoms with Crippen LogP contribution in [0, 0.1) is 18.8 Å². The Morgan fingerprint density at radius 1 is 1.12 bits per heavy atom. The van der Waals surface area contributed by atoms with Crippen molar-refractivity contribution in [3.63, 3.8) is 0 Å². The number of hydrogen-bond donors (Lipinski definition) is 0. The number of hydrogen-bond acceptors (Lipinski definition) is 1. The van der Waals surface area contributed by atoms with E-state index in [0.717, 1.165) is 37.7 Å². The molecule has 1 atom stereocenters. The van der Waals surface area contributed by atoms with Crippen LogP contribution in [-0.4, -0.2) is 12.5 Å². The first-order valence-electron chi connectivity index (χ1n) is 9.16. The van der Waals surface area contributed by atoms with Gasteiger partial charge in [0.1, 0.15) is 6.10 Å². The standard InChI is InChI=1S/C21H30F2O/c1-3-4-5-6-17-11-13-19(14-12-17)20(21(22)23)24-15-18-9-7-16(2)8-10-18/h3-4,7-10,17,19-21H,5-6,11-15H2,1-2H3/b4-3+. The lowest BCUT2D eigenvalue weighted by Crippen LogP contribution is -2.34. The highest BCUT2D eigenvalue weighted by atomic mass is 19.3. The van der Waals surface area contributed by atoms with Gasteiger partial charge in [0.2, 0.25) is 0 Å². The second-order valence-corrected chi connectivity index (χ2v) is 7.02. The summed E-state index contributed by atoms with van der Waals surface area (Å²) in [6.45, 7) is 4.33. The van der Waals surface area contributed by atoms with Crippen molar-refractivity contribution in [3.8, 4) is 0 Å². The van der Waals surface area contributed by atoms with Crippen molar-refractivity contribution in [1.82, 2.24) is 0 Å². The summed E-state index contributed by atoms with van der Waals surface area (Å²) in [6, 6.07) is 7.89. The normalized spacial score (nSPS) is 23.0. The summed E-state index contributed by atoms with van der Waals surface area (Å²) >= 11 is 0.